The SMILES string of the molecule is CC1(C)NC(=O)N(CC(O)CN2CCN(c3ccccn3)CC2)C1=O. The van der Waals surface area contributed by atoms with Gasteiger partial charge in [-0.3, -0.25) is 14.6 Å². The highest BCUT2D eigenvalue weighted by atomic mass is 16.3. The van der Waals surface area contributed by atoms with Gasteiger partial charge in [0.1, 0.15) is 11.4 Å². The smallest absolute Gasteiger partial charge is 0.325 e. The summed E-state index contributed by atoms with van der Waals surface area (Å²) in [6.45, 7) is 7.06. The van der Waals surface area contributed by atoms with Gasteiger partial charge in [0.2, 0.25) is 0 Å². The first kappa shape index (κ1) is 17.6. The largest absolute Gasteiger partial charge is 0.390 e. The van der Waals surface area contributed by atoms with E-state index in [0.717, 1.165) is 36.9 Å². The van der Waals surface area contributed by atoms with E-state index in [1.807, 2.05) is 18.2 Å². The summed E-state index contributed by atoms with van der Waals surface area (Å²) in [6, 6.07) is 5.42. The molecule has 2 N–H and O–H groups in total. The highest BCUT2D eigenvalue weighted by Crippen LogP contribution is 2.17. The molecular formula is C17H25N5O3. The number of β-amino-alcohol motifs (C(OH)–C–C–N with tert-alkyl or cyclic N) is 1. The Morgan fingerprint density at radius 1 is 1.20 bits per heavy atom. The number of nitrogens with one attached hydrogen (secondary N) is 1. The zero-order valence-electron chi connectivity index (χ0n) is 14.7. The standard InChI is InChI=1S/C17H25N5O3/c1-17(2)15(24)22(16(25)19-17)12-13(23)11-20-7-9-21(10-8-20)14-5-3-4-6-18-14/h3-6,13,23H,7-12H2,1-2H3,(H,19,25). The Bertz CT molecular complexity index is 628. The minimum atomic E-state index is -0.898. The summed E-state index contributed by atoms with van der Waals surface area (Å²) in [6.07, 6.45) is 1.02. The number of anilines is 1. The molecule has 0 saturated carbocycles. The van der Waals surface area contributed by atoms with Crippen LogP contribution in [-0.2, 0) is 4.79 Å². The second kappa shape index (κ2) is 6.97. The molecule has 8 heteroatoms. The van der Waals surface area contributed by atoms with Crippen molar-refractivity contribution < 1.29 is 14.7 Å². The van der Waals surface area contributed by atoms with Gasteiger partial charge in [0, 0.05) is 38.9 Å². The van der Waals surface area contributed by atoms with Crippen LogP contribution < -0.4 is 10.2 Å². The van der Waals surface area contributed by atoms with Crippen LogP contribution >= 0.6 is 0 Å². The number of hydrogen-bond donors (Lipinski definition) is 2. The van der Waals surface area contributed by atoms with Crippen LogP contribution in [0.3, 0.4) is 0 Å². The summed E-state index contributed by atoms with van der Waals surface area (Å²) in [4.78, 5) is 33.9. The van der Waals surface area contributed by atoms with Gasteiger partial charge in [-0.15, -0.1) is 0 Å². The highest BCUT2D eigenvalue weighted by molar-refractivity contribution is 6.06. The topological polar surface area (TPSA) is 89.0 Å². The van der Waals surface area contributed by atoms with Gasteiger partial charge in [0.25, 0.3) is 5.91 Å². The van der Waals surface area contributed by atoms with Crippen LogP contribution in [0, 0.1) is 0 Å². The number of amides is 3. The number of carbonyl (C=O) groups is 2. The third-order valence-electron chi connectivity index (χ3n) is 4.65. The lowest BCUT2D eigenvalue weighted by Crippen LogP contribution is -2.51. The third-order valence-corrected chi connectivity index (χ3v) is 4.65. The van der Waals surface area contributed by atoms with Crippen molar-refractivity contribution in [2.75, 3.05) is 44.2 Å². The van der Waals surface area contributed by atoms with Gasteiger partial charge in [-0.05, 0) is 26.0 Å². The fourth-order valence-corrected chi connectivity index (χ4v) is 3.25. The average molecular weight is 347 g/mol. The molecule has 2 aliphatic heterocycles. The number of urea groups is 1. The molecular weight excluding hydrogens is 322 g/mol. The molecule has 1 atom stereocenters. The van der Waals surface area contributed by atoms with E-state index in [0.29, 0.717) is 6.54 Å². The van der Waals surface area contributed by atoms with Crippen molar-refractivity contribution in [1.29, 1.82) is 0 Å². The summed E-state index contributed by atoms with van der Waals surface area (Å²) in [5, 5.41) is 12.9. The van der Waals surface area contributed by atoms with Crippen LogP contribution in [0.25, 0.3) is 0 Å². The number of hydrogen-bond acceptors (Lipinski definition) is 6. The molecule has 1 aromatic rings. The van der Waals surface area contributed by atoms with E-state index in [1.54, 1.807) is 20.0 Å². The predicted molar refractivity (Wildman–Crippen MR) is 93.2 cm³/mol. The number of aliphatic hydroxyl groups is 1. The summed E-state index contributed by atoms with van der Waals surface area (Å²) in [5.41, 5.74) is -0.898. The zero-order valence-corrected chi connectivity index (χ0v) is 14.7. The number of aliphatic hydroxyl groups excluding tert-OH is 1. The molecule has 2 saturated heterocycles. The Morgan fingerprint density at radius 2 is 1.92 bits per heavy atom. The first-order valence-corrected chi connectivity index (χ1v) is 8.57. The summed E-state index contributed by atoms with van der Waals surface area (Å²) < 4.78 is 0. The minimum Gasteiger partial charge on any atom is -0.390 e. The molecule has 25 heavy (non-hydrogen) atoms. The lowest BCUT2D eigenvalue weighted by atomic mass is 10.1. The van der Waals surface area contributed by atoms with E-state index in [-0.39, 0.29) is 12.5 Å². The van der Waals surface area contributed by atoms with E-state index in [9.17, 15) is 14.7 Å². The van der Waals surface area contributed by atoms with Crippen LogP contribution in [0.5, 0.6) is 0 Å². The number of piperazine rings is 1. The molecule has 8 nitrogen and oxygen atoms in total. The van der Waals surface area contributed by atoms with Gasteiger partial charge in [-0.25, -0.2) is 9.78 Å². The average Bonchev–Trinajstić information content (AvgIpc) is 2.78. The number of aromatic nitrogens is 1. The second-order valence-corrected chi connectivity index (χ2v) is 7.10. The minimum absolute atomic E-state index is 0.0224. The maximum atomic E-state index is 12.2. The lowest BCUT2D eigenvalue weighted by molar-refractivity contribution is -0.131. The molecule has 2 aliphatic rings. The number of imide groups is 1. The molecule has 2 fully saturated rings. The fraction of sp³-hybridized carbons (Fsp3) is 0.588. The molecule has 0 radical (unpaired) electrons. The maximum absolute atomic E-state index is 12.2. The Hall–Kier alpha value is -2.19. The first-order chi connectivity index (χ1) is 11.9. The molecule has 0 spiro atoms. The Morgan fingerprint density at radius 3 is 2.48 bits per heavy atom. The normalized spacial score (nSPS) is 22.2. The number of nitrogens with zero attached hydrogens (tertiary/aromatic N) is 4. The van der Waals surface area contributed by atoms with Crippen molar-refractivity contribution in [3.63, 3.8) is 0 Å². The van der Waals surface area contributed by atoms with Gasteiger partial charge in [-0.1, -0.05) is 6.07 Å². The Kier molecular flexibility index (Phi) is 4.91. The van der Waals surface area contributed by atoms with Crippen molar-refractivity contribution in [2.45, 2.75) is 25.5 Å². The van der Waals surface area contributed by atoms with Crippen LogP contribution in [0.1, 0.15) is 13.8 Å². The maximum Gasteiger partial charge on any atom is 0.325 e. The molecule has 3 amide bonds. The molecule has 0 aromatic carbocycles. The molecule has 1 unspecified atom stereocenters. The van der Waals surface area contributed by atoms with E-state index in [4.69, 9.17) is 0 Å². The van der Waals surface area contributed by atoms with Gasteiger partial charge in [0.15, 0.2) is 0 Å². The second-order valence-electron chi connectivity index (χ2n) is 7.10. The summed E-state index contributed by atoms with van der Waals surface area (Å²) in [7, 11) is 0. The number of rotatable bonds is 5. The zero-order chi connectivity index (χ0) is 18.0. The molecule has 3 rings (SSSR count). The van der Waals surface area contributed by atoms with E-state index < -0.39 is 17.7 Å². The number of pyridine rings is 1. The van der Waals surface area contributed by atoms with Crippen LogP contribution in [0.15, 0.2) is 24.4 Å². The van der Waals surface area contributed by atoms with Crippen molar-refractivity contribution in [1.82, 2.24) is 20.1 Å². The van der Waals surface area contributed by atoms with Crippen LogP contribution in [0.2, 0.25) is 0 Å². The Balaban J connectivity index is 1.48. The molecule has 3 heterocycles. The van der Waals surface area contributed by atoms with E-state index >= 15 is 0 Å². The van der Waals surface area contributed by atoms with Crippen molar-refractivity contribution in [2.24, 2.45) is 0 Å². The first-order valence-electron chi connectivity index (χ1n) is 8.57. The molecule has 1 aromatic heterocycles. The van der Waals surface area contributed by atoms with Crippen LogP contribution in [0.4, 0.5) is 10.6 Å². The van der Waals surface area contributed by atoms with E-state index in [1.165, 1.54) is 0 Å². The van der Waals surface area contributed by atoms with Gasteiger partial charge in [-0.2, -0.15) is 0 Å². The summed E-state index contributed by atoms with van der Waals surface area (Å²) >= 11 is 0. The van der Waals surface area contributed by atoms with E-state index in [2.05, 4.69) is 20.1 Å². The number of carbonyl (C=O) groups excluding carboxylic acids is 2. The third kappa shape index (κ3) is 3.91. The van der Waals surface area contributed by atoms with Crippen molar-refractivity contribution in [3.05, 3.63) is 24.4 Å². The van der Waals surface area contributed by atoms with Crippen molar-refractivity contribution >= 4 is 17.8 Å². The molecule has 136 valence electrons. The molecule has 0 aliphatic carbocycles. The quantitative estimate of drug-likeness (QED) is 0.723. The highest BCUT2D eigenvalue weighted by Gasteiger charge is 2.44. The van der Waals surface area contributed by atoms with Gasteiger partial charge < -0.3 is 15.3 Å². The van der Waals surface area contributed by atoms with Gasteiger partial charge >= 0.3 is 6.03 Å². The summed E-state index contributed by atoms with van der Waals surface area (Å²) in [5.74, 6) is 0.667. The van der Waals surface area contributed by atoms with Crippen molar-refractivity contribution in [3.8, 4) is 0 Å². The fourth-order valence-electron chi connectivity index (χ4n) is 3.25. The Labute approximate surface area is 147 Å². The van der Waals surface area contributed by atoms with Gasteiger partial charge in [0.05, 0.1) is 12.6 Å². The lowest BCUT2D eigenvalue weighted by Gasteiger charge is -2.36. The monoisotopic (exact) mass is 347 g/mol. The van der Waals surface area contributed by atoms with Crippen LogP contribution in [-0.4, -0.2) is 82.7 Å². The molecule has 0 bridgehead atoms. The predicted octanol–water partition coefficient (Wildman–Crippen LogP) is -0.105.